The van der Waals surface area contributed by atoms with E-state index in [0.29, 0.717) is 0 Å². The topological polar surface area (TPSA) is 9.23 Å². The van der Waals surface area contributed by atoms with Crippen LogP contribution in [0.25, 0.3) is 0 Å². The SMILES string of the molecule is F[B]F.[CH-]1CCCCO1.[Li+]. The Morgan fingerprint density at radius 1 is 1.30 bits per heavy atom. The van der Waals surface area contributed by atoms with Crippen LogP contribution in [0.3, 0.4) is 0 Å². The summed E-state index contributed by atoms with van der Waals surface area (Å²) in [6.45, 7) is 2.84. The predicted molar refractivity (Wildman–Crippen MR) is 32.1 cm³/mol. The molecule has 1 aliphatic rings. The molecular weight excluding hydrogens is 132 g/mol. The first-order valence-electron chi connectivity index (χ1n) is 2.87. The molecule has 10 heavy (non-hydrogen) atoms. The minimum Gasteiger partial charge on any atom is -0.552 e. The quantitative estimate of drug-likeness (QED) is 0.304. The monoisotopic (exact) mass is 141 g/mol. The van der Waals surface area contributed by atoms with Gasteiger partial charge in [-0.1, -0.05) is 6.42 Å². The van der Waals surface area contributed by atoms with Crippen LogP contribution in [-0.4, -0.2) is 14.4 Å². The molecule has 0 aliphatic carbocycles. The molecule has 0 bridgehead atoms. The molecular formula is C5H9BF2LiO. The minimum atomic E-state index is -1.00. The van der Waals surface area contributed by atoms with Gasteiger partial charge in [0.05, 0.1) is 0 Å². The summed E-state index contributed by atoms with van der Waals surface area (Å²) in [5, 5.41) is 0. The fourth-order valence-corrected chi connectivity index (χ4v) is 0.580. The number of halogens is 2. The van der Waals surface area contributed by atoms with Crippen LogP contribution < -0.4 is 18.9 Å². The average Bonchev–Trinajstić information content (AvgIpc) is 1.93. The van der Waals surface area contributed by atoms with Gasteiger partial charge in [-0.05, 0) is 6.42 Å². The number of hydrogen-bond donors (Lipinski definition) is 0. The molecule has 1 nitrogen and oxygen atoms in total. The zero-order chi connectivity index (χ0) is 6.95. The van der Waals surface area contributed by atoms with Gasteiger partial charge in [-0.15, -0.1) is 0 Å². The molecule has 1 heterocycles. The molecule has 0 atom stereocenters. The van der Waals surface area contributed by atoms with Crippen LogP contribution >= 0.6 is 0 Å². The number of ether oxygens (including phenoxy) is 1. The third kappa shape index (κ3) is 11.3. The molecule has 1 rings (SSSR count). The van der Waals surface area contributed by atoms with E-state index in [2.05, 4.69) is 0 Å². The minimum absolute atomic E-state index is 0. The maximum absolute atomic E-state index is 9.50. The largest absolute Gasteiger partial charge is 1.00 e. The maximum atomic E-state index is 9.50. The second-order valence-electron chi connectivity index (χ2n) is 1.62. The Hall–Kier alpha value is 0.482. The van der Waals surface area contributed by atoms with Crippen molar-refractivity contribution in [3.8, 4) is 0 Å². The molecule has 0 spiro atoms. The molecule has 5 heteroatoms. The molecule has 0 unspecified atom stereocenters. The Balaban J connectivity index is 0. The van der Waals surface area contributed by atoms with Crippen LogP contribution in [0.5, 0.6) is 0 Å². The number of rotatable bonds is 0. The summed E-state index contributed by atoms with van der Waals surface area (Å²) >= 11 is 0. The van der Waals surface area contributed by atoms with Crippen LogP contribution in [0.2, 0.25) is 0 Å². The van der Waals surface area contributed by atoms with Crippen LogP contribution in [-0.2, 0) is 4.74 Å². The fraction of sp³-hybridized carbons (Fsp3) is 0.800. The van der Waals surface area contributed by atoms with Crippen molar-refractivity contribution in [2.45, 2.75) is 19.3 Å². The zero-order valence-corrected chi connectivity index (χ0v) is 6.15. The molecule has 53 valence electrons. The molecule has 1 saturated heterocycles. The Labute approximate surface area is 73.0 Å². The second-order valence-corrected chi connectivity index (χ2v) is 1.62. The van der Waals surface area contributed by atoms with Crippen molar-refractivity contribution >= 4 is 7.83 Å². The first kappa shape index (κ1) is 13.1. The van der Waals surface area contributed by atoms with Gasteiger partial charge in [0, 0.05) is 6.61 Å². The van der Waals surface area contributed by atoms with Gasteiger partial charge in [-0.2, -0.15) is 6.42 Å². The Bertz CT molecular complexity index is 43.4. The standard InChI is InChI=1S/C5H9O.BF2.Li/c1-2-4-6-5-3-1;2-1-3;/h4H,1-3,5H2;;/q-1;;+1. The van der Waals surface area contributed by atoms with E-state index in [1.165, 1.54) is 12.8 Å². The number of hydrogen-bond acceptors (Lipinski definition) is 1. The van der Waals surface area contributed by atoms with Gasteiger partial charge in [-0.3, -0.25) is 8.63 Å². The fourth-order valence-electron chi connectivity index (χ4n) is 0.580. The molecule has 0 N–H and O–H groups in total. The molecule has 1 fully saturated rings. The normalized spacial score (nSPS) is 15.8. The van der Waals surface area contributed by atoms with E-state index in [1.807, 2.05) is 6.61 Å². The average molecular weight is 141 g/mol. The van der Waals surface area contributed by atoms with Crippen molar-refractivity contribution < 1.29 is 32.2 Å². The second kappa shape index (κ2) is 12.2. The first-order valence-corrected chi connectivity index (χ1v) is 2.87. The third-order valence-corrected chi connectivity index (χ3v) is 0.952. The van der Waals surface area contributed by atoms with E-state index in [0.717, 1.165) is 13.0 Å². The Kier molecular flexibility index (Phi) is 16.0. The molecule has 0 amide bonds. The van der Waals surface area contributed by atoms with Crippen LogP contribution in [0.4, 0.5) is 8.63 Å². The summed E-state index contributed by atoms with van der Waals surface area (Å²) in [6.07, 6.45) is 3.72. The van der Waals surface area contributed by atoms with Crippen LogP contribution in [0.1, 0.15) is 19.3 Å². The molecule has 0 saturated carbocycles. The molecule has 0 aromatic heterocycles. The molecule has 0 aromatic carbocycles. The summed E-state index contributed by atoms with van der Waals surface area (Å²) in [7, 11) is -1.00. The van der Waals surface area contributed by atoms with Gasteiger partial charge in [-0.25, -0.2) is 6.61 Å². The summed E-state index contributed by atoms with van der Waals surface area (Å²) in [5.74, 6) is 0. The Morgan fingerprint density at radius 3 is 2.00 bits per heavy atom. The Morgan fingerprint density at radius 2 is 1.90 bits per heavy atom. The summed E-state index contributed by atoms with van der Waals surface area (Å²) in [4.78, 5) is 0. The van der Waals surface area contributed by atoms with E-state index >= 15 is 0 Å². The van der Waals surface area contributed by atoms with E-state index in [9.17, 15) is 8.63 Å². The molecule has 1 aliphatic heterocycles. The van der Waals surface area contributed by atoms with E-state index in [4.69, 9.17) is 4.74 Å². The summed E-state index contributed by atoms with van der Waals surface area (Å²) in [6, 6.07) is 0. The van der Waals surface area contributed by atoms with Gasteiger partial charge in [0.25, 0.3) is 0 Å². The van der Waals surface area contributed by atoms with Crippen molar-refractivity contribution in [3.05, 3.63) is 6.61 Å². The van der Waals surface area contributed by atoms with Crippen LogP contribution in [0.15, 0.2) is 0 Å². The van der Waals surface area contributed by atoms with E-state index < -0.39 is 7.83 Å². The van der Waals surface area contributed by atoms with Crippen molar-refractivity contribution in [1.82, 2.24) is 0 Å². The molecule has 1 radical (unpaired) electrons. The summed E-state index contributed by atoms with van der Waals surface area (Å²) < 4.78 is 23.9. The van der Waals surface area contributed by atoms with Gasteiger partial charge < -0.3 is 4.74 Å². The van der Waals surface area contributed by atoms with E-state index in [-0.39, 0.29) is 18.9 Å². The molecule has 0 aromatic rings. The zero-order valence-electron chi connectivity index (χ0n) is 6.15. The third-order valence-electron chi connectivity index (χ3n) is 0.952. The van der Waals surface area contributed by atoms with Crippen molar-refractivity contribution in [2.24, 2.45) is 0 Å². The van der Waals surface area contributed by atoms with Crippen molar-refractivity contribution in [2.75, 3.05) is 6.61 Å². The summed E-state index contributed by atoms with van der Waals surface area (Å²) in [5.41, 5.74) is 0. The maximum Gasteiger partial charge on any atom is 1.00 e. The smallest absolute Gasteiger partial charge is 0.552 e. The van der Waals surface area contributed by atoms with Crippen molar-refractivity contribution in [3.63, 3.8) is 0 Å². The van der Waals surface area contributed by atoms with E-state index in [1.54, 1.807) is 0 Å². The van der Waals surface area contributed by atoms with Crippen molar-refractivity contribution in [1.29, 1.82) is 0 Å². The van der Waals surface area contributed by atoms with Gasteiger partial charge in [0.1, 0.15) is 0 Å². The van der Waals surface area contributed by atoms with Gasteiger partial charge >= 0.3 is 26.7 Å². The predicted octanol–water partition coefficient (Wildman–Crippen LogP) is -1.19. The van der Waals surface area contributed by atoms with Gasteiger partial charge in [0.2, 0.25) is 0 Å². The van der Waals surface area contributed by atoms with Crippen LogP contribution in [0, 0.1) is 6.61 Å². The van der Waals surface area contributed by atoms with Gasteiger partial charge in [0.15, 0.2) is 0 Å². The first-order chi connectivity index (χ1) is 4.41.